The van der Waals surface area contributed by atoms with E-state index in [4.69, 9.17) is 4.74 Å². The highest BCUT2D eigenvalue weighted by Gasteiger charge is 2.23. The largest absolute Gasteiger partial charge is 0.378 e. The second kappa shape index (κ2) is 7.75. The SMILES string of the molecule is CN(C)c1ccc(N2CCN(C(=O)NCC3CCCO3)CC2)cc1. The first-order valence-electron chi connectivity index (χ1n) is 8.80. The lowest BCUT2D eigenvalue weighted by Crippen LogP contribution is -2.52. The van der Waals surface area contributed by atoms with Crippen molar-refractivity contribution < 1.29 is 9.53 Å². The molecule has 1 aromatic rings. The van der Waals surface area contributed by atoms with Crippen LogP contribution in [0.5, 0.6) is 0 Å². The first kappa shape index (κ1) is 16.9. The molecule has 1 N–H and O–H groups in total. The maximum Gasteiger partial charge on any atom is 0.317 e. The third-order valence-corrected chi connectivity index (χ3v) is 4.80. The lowest BCUT2D eigenvalue weighted by Gasteiger charge is -2.36. The van der Waals surface area contributed by atoms with Crippen LogP contribution in [-0.2, 0) is 4.74 Å². The van der Waals surface area contributed by atoms with Crippen LogP contribution in [0.25, 0.3) is 0 Å². The quantitative estimate of drug-likeness (QED) is 0.913. The van der Waals surface area contributed by atoms with Gasteiger partial charge in [0.1, 0.15) is 0 Å². The van der Waals surface area contributed by atoms with Crippen molar-refractivity contribution in [2.45, 2.75) is 18.9 Å². The molecule has 6 nitrogen and oxygen atoms in total. The summed E-state index contributed by atoms with van der Waals surface area (Å²) in [5.74, 6) is 0. The number of nitrogens with one attached hydrogen (secondary N) is 1. The normalized spacial score (nSPS) is 21.0. The molecular formula is C18H28N4O2. The van der Waals surface area contributed by atoms with Crippen LogP contribution < -0.4 is 15.1 Å². The summed E-state index contributed by atoms with van der Waals surface area (Å²) in [6, 6.07) is 8.62. The van der Waals surface area contributed by atoms with Gasteiger partial charge in [-0.1, -0.05) is 0 Å². The molecule has 6 heteroatoms. The van der Waals surface area contributed by atoms with Gasteiger partial charge < -0.3 is 24.8 Å². The summed E-state index contributed by atoms with van der Waals surface area (Å²) in [7, 11) is 4.09. The molecule has 1 aromatic carbocycles. The van der Waals surface area contributed by atoms with Gasteiger partial charge in [0, 0.05) is 64.8 Å². The third kappa shape index (κ3) is 4.12. The van der Waals surface area contributed by atoms with Gasteiger partial charge in [-0.25, -0.2) is 4.79 Å². The number of hydrogen-bond acceptors (Lipinski definition) is 4. The van der Waals surface area contributed by atoms with Crippen LogP contribution >= 0.6 is 0 Å². The molecule has 2 heterocycles. The van der Waals surface area contributed by atoms with Gasteiger partial charge in [-0.15, -0.1) is 0 Å². The van der Waals surface area contributed by atoms with Crippen molar-refractivity contribution in [1.82, 2.24) is 10.2 Å². The van der Waals surface area contributed by atoms with Crippen LogP contribution in [0.1, 0.15) is 12.8 Å². The van der Waals surface area contributed by atoms with E-state index in [-0.39, 0.29) is 12.1 Å². The Morgan fingerprint density at radius 1 is 1.21 bits per heavy atom. The van der Waals surface area contributed by atoms with Gasteiger partial charge in [0.2, 0.25) is 0 Å². The molecule has 1 atom stereocenters. The Balaban J connectivity index is 1.45. The van der Waals surface area contributed by atoms with Gasteiger partial charge in [-0.2, -0.15) is 0 Å². The van der Waals surface area contributed by atoms with E-state index >= 15 is 0 Å². The van der Waals surface area contributed by atoms with E-state index in [1.807, 2.05) is 19.0 Å². The standard InChI is InChI=1S/C18H28N4O2/c1-20(2)15-5-7-16(8-6-15)21-9-11-22(12-10-21)18(23)19-14-17-4-3-13-24-17/h5-8,17H,3-4,9-14H2,1-2H3,(H,19,23). The second-order valence-electron chi connectivity index (χ2n) is 6.71. The minimum absolute atomic E-state index is 0.0353. The summed E-state index contributed by atoms with van der Waals surface area (Å²) in [6.45, 7) is 4.71. The summed E-state index contributed by atoms with van der Waals surface area (Å²) in [5, 5.41) is 3.01. The number of ether oxygens (including phenoxy) is 1. The van der Waals surface area contributed by atoms with Crippen LogP contribution in [0.2, 0.25) is 0 Å². The van der Waals surface area contributed by atoms with Crippen molar-refractivity contribution in [2.75, 3.05) is 63.2 Å². The lowest BCUT2D eigenvalue weighted by atomic mass is 10.2. The average molecular weight is 332 g/mol. The van der Waals surface area contributed by atoms with Crippen LogP contribution in [0.4, 0.5) is 16.2 Å². The second-order valence-corrected chi connectivity index (χ2v) is 6.71. The number of piperazine rings is 1. The topological polar surface area (TPSA) is 48.0 Å². The maximum absolute atomic E-state index is 12.3. The van der Waals surface area contributed by atoms with E-state index in [0.29, 0.717) is 6.54 Å². The molecule has 2 fully saturated rings. The van der Waals surface area contributed by atoms with Gasteiger partial charge in [-0.3, -0.25) is 0 Å². The summed E-state index contributed by atoms with van der Waals surface area (Å²) in [6.07, 6.45) is 2.36. The molecule has 0 aromatic heterocycles. The number of amides is 2. The number of benzene rings is 1. The van der Waals surface area contributed by atoms with Crippen molar-refractivity contribution in [3.8, 4) is 0 Å². The number of nitrogens with zero attached hydrogens (tertiary/aromatic N) is 3. The zero-order chi connectivity index (χ0) is 16.9. The Kier molecular flexibility index (Phi) is 5.45. The molecule has 2 amide bonds. The van der Waals surface area contributed by atoms with Gasteiger partial charge >= 0.3 is 6.03 Å². The Morgan fingerprint density at radius 3 is 2.50 bits per heavy atom. The molecule has 3 rings (SSSR count). The molecule has 2 aliphatic heterocycles. The van der Waals surface area contributed by atoms with E-state index < -0.39 is 0 Å². The molecule has 0 spiro atoms. The van der Waals surface area contributed by atoms with Crippen LogP contribution in [0.15, 0.2) is 24.3 Å². The van der Waals surface area contributed by atoms with E-state index in [2.05, 4.69) is 39.4 Å². The molecule has 0 radical (unpaired) electrons. The van der Waals surface area contributed by atoms with E-state index in [1.54, 1.807) is 0 Å². The monoisotopic (exact) mass is 332 g/mol. The molecule has 24 heavy (non-hydrogen) atoms. The van der Waals surface area contributed by atoms with E-state index in [0.717, 1.165) is 45.6 Å². The number of anilines is 2. The first-order valence-corrected chi connectivity index (χ1v) is 8.80. The van der Waals surface area contributed by atoms with E-state index in [9.17, 15) is 4.79 Å². The Morgan fingerprint density at radius 2 is 1.92 bits per heavy atom. The molecular weight excluding hydrogens is 304 g/mol. The number of carbonyl (C=O) groups is 1. The fraction of sp³-hybridized carbons (Fsp3) is 0.611. The highest BCUT2D eigenvalue weighted by molar-refractivity contribution is 5.74. The number of urea groups is 1. The van der Waals surface area contributed by atoms with Crippen LogP contribution in [-0.4, -0.2) is 70.5 Å². The number of hydrogen-bond donors (Lipinski definition) is 1. The van der Waals surface area contributed by atoms with Crippen molar-refractivity contribution in [3.05, 3.63) is 24.3 Å². The first-order chi connectivity index (χ1) is 11.6. The smallest absolute Gasteiger partial charge is 0.317 e. The maximum atomic E-state index is 12.3. The average Bonchev–Trinajstić information content (AvgIpc) is 3.13. The zero-order valence-electron chi connectivity index (χ0n) is 14.7. The Bertz CT molecular complexity index is 532. The lowest BCUT2D eigenvalue weighted by molar-refractivity contribution is 0.108. The minimum atomic E-state index is 0.0353. The predicted molar refractivity (Wildman–Crippen MR) is 96.9 cm³/mol. The number of carbonyl (C=O) groups excluding carboxylic acids is 1. The fourth-order valence-electron chi connectivity index (χ4n) is 3.25. The van der Waals surface area contributed by atoms with Gasteiger partial charge in [-0.05, 0) is 37.1 Å². The summed E-state index contributed by atoms with van der Waals surface area (Å²) in [5.41, 5.74) is 2.42. The van der Waals surface area contributed by atoms with Gasteiger partial charge in [0.05, 0.1) is 6.10 Å². The Labute approximate surface area is 144 Å². The fourth-order valence-corrected chi connectivity index (χ4v) is 3.25. The van der Waals surface area contributed by atoms with Crippen molar-refractivity contribution in [1.29, 1.82) is 0 Å². The molecule has 1 unspecified atom stereocenters. The highest BCUT2D eigenvalue weighted by atomic mass is 16.5. The summed E-state index contributed by atoms with van der Waals surface area (Å²) >= 11 is 0. The van der Waals surface area contributed by atoms with Crippen LogP contribution in [0, 0.1) is 0 Å². The highest BCUT2D eigenvalue weighted by Crippen LogP contribution is 2.20. The molecule has 132 valence electrons. The number of rotatable bonds is 4. The van der Waals surface area contributed by atoms with Crippen molar-refractivity contribution >= 4 is 17.4 Å². The van der Waals surface area contributed by atoms with Crippen LogP contribution in [0.3, 0.4) is 0 Å². The molecule has 2 aliphatic rings. The predicted octanol–water partition coefficient (Wildman–Crippen LogP) is 1.76. The van der Waals surface area contributed by atoms with E-state index in [1.165, 1.54) is 11.4 Å². The molecule has 0 saturated carbocycles. The van der Waals surface area contributed by atoms with Crippen molar-refractivity contribution in [3.63, 3.8) is 0 Å². The van der Waals surface area contributed by atoms with Crippen molar-refractivity contribution in [2.24, 2.45) is 0 Å². The molecule has 2 saturated heterocycles. The molecule has 0 aliphatic carbocycles. The Hall–Kier alpha value is -1.95. The minimum Gasteiger partial charge on any atom is -0.378 e. The molecule has 0 bridgehead atoms. The summed E-state index contributed by atoms with van der Waals surface area (Å²) in [4.78, 5) is 18.6. The zero-order valence-corrected chi connectivity index (χ0v) is 14.7. The van der Waals surface area contributed by atoms with Gasteiger partial charge in [0.25, 0.3) is 0 Å². The third-order valence-electron chi connectivity index (χ3n) is 4.80. The van der Waals surface area contributed by atoms with Gasteiger partial charge in [0.15, 0.2) is 0 Å². The summed E-state index contributed by atoms with van der Waals surface area (Å²) < 4.78 is 5.55.